The normalized spacial score (nSPS) is 12.9. The molecule has 19 heavy (non-hydrogen) atoms. The first-order valence-electron chi connectivity index (χ1n) is 5.93. The molecular formula is C13H18F2N2O2. The third-order valence-corrected chi connectivity index (χ3v) is 2.52. The maximum Gasteiger partial charge on any atom is 0.277 e. The fraction of sp³-hybridized carbons (Fsp3) is 0.462. The summed E-state index contributed by atoms with van der Waals surface area (Å²) < 4.78 is 31.1. The first-order valence-corrected chi connectivity index (χ1v) is 5.93. The molecule has 0 aliphatic rings. The Balaban J connectivity index is 2.47. The number of hydrogen-bond donors (Lipinski definition) is 2. The zero-order valence-electron chi connectivity index (χ0n) is 11.0. The second-order valence-corrected chi connectivity index (χ2v) is 4.35. The number of hydrogen-bond acceptors (Lipinski definition) is 3. The van der Waals surface area contributed by atoms with Crippen LogP contribution in [0.5, 0.6) is 5.75 Å². The van der Waals surface area contributed by atoms with Crippen molar-refractivity contribution in [2.75, 3.05) is 13.1 Å². The van der Waals surface area contributed by atoms with E-state index in [0.29, 0.717) is 5.75 Å². The van der Waals surface area contributed by atoms with E-state index in [-0.39, 0.29) is 0 Å². The van der Waals surface area contributed by atoms with Gasteiger partial charge in [-0.1, -0.05) is 17.7 Å². The number of rotatable bonds is 6. The average molecular weight is 272 g/mol. The predicted octanol–water partition coefficient (Wildman–Crippen LogP) is 1.47. The van der Waals surface area contributed by atoms with Crippen molar-refractivity contribution in [3.8, 4) is 5.75 Å². The Bertz CT molecular complexity index is 421. The largest absolute Gasteiger partial charge is 0.481 e. The van der Waals surface area contributed by atoms with E-state index in [0.717, 1.165) is 5.56 Å². The van der Waals surface area contributed by atoms with Crippen LogP contribution < -0.4 is 15.8 Å². The van der Waals surface area contributed by atoms with Crippen LogP contribution in [-0.4, -0.2) is 31.0 Å². The number of halogens is 2. The van der Waals surface area contributed by atoms with Crippen molar-refractivity contribution in [1.29, 1.82) is 0 Å². The highest BCUT2D eigenvalue weighted by atomic mass is 19.3. The van der Waals surface area contributed by atoms with E-state index in [9.17, 15) is 13.6 Å². The lowest BCUT2D eigenvalue weighted by molar-refractivity contribution is -0.129. The lowest BCUT2D eigenvalue weighted by Crippen LogP contribution is -2.45. The van der Waals surface area contributed by atoms with Crippen LogP contribution in [0.1, 0.15) is 12.5 Å². The number of benzene rings is 1. The quantitative estimate of drug-likeness (QED) is 0.824. The number of nitrogens with one attached hydrogen (secondary N) is 1. The summed E-state index contributed by atoms with van der Waals surface area (Å²) in [5.74, 6) is -3.19. The van der Waals surface area contributed by atoms with Crippen LogP contribution >= 0.6 is 0 Å². The summed E-state index contributed by atoms with van der Waals surface area (Å²) in [4.78, 5) is 11.6. The first kappa shape index (κ1) is 15.4. The maximum absolute atomic E-state index is 12.9. The number of amides is 1. The highest BCUT2D eigenvalue weighted by Gasteiger charge is 2.28. The SMILES string of the molecule is Cc1ccc(OC(C)C(=O)NCC(F)(F)CN)cc1. The number of alkyl halides is 2. The molecule has 0 spiro atoms. The van der Waals surface area contributed by atoms with E-state index in [2.05, 4.69) is 5.32 Å². The molecule has 4 nitrogen and oxygen atoms in total. The minimum Gasteiger partial charge on any atom is -0.481 e. The van der Waals surface area contributed by atoms with Crippen molar-refractivity contribution in [2.45, 2.75) is 25.9 Å². The summed E-state index contributed by atoms with van der Waals surface area (Å²) in [6, 6.07) is 7.10. The summed E-state index contributed by atoms with van der Waals surface area (Å²) >= 11 is 0. The van der Waals surface area contributed by atoms with E-state index in [1.165, 1.54) is 6.92 Å². The van der Waals surface area contributed by atoms with Crippen molar-refractivity contribution >= 4 is 5.91 Å². The Kier molecular flexibility index (Phi) is 5.23. The van der Waals surface area contributed by atoms with Crippen LogP contribution in [0.2, 0.25) is 0 Å². The Labute approximate surface area is 110 Å². The molecule has 0 fully saturated rings. The molecule has 0 bridgehead atoms. The molecule has 0 aliphatic heterocycles. The number of aryl methyl sites for hydroxylation is 1. The van der Waals surface area contributed by atoms with Crippen LogP contribution in [0.25, 0.3) is 0 Å². The molecule has 1 unspecified atom stereocenters. The Hall–Kier alpha value is -1.69. The van der Waals surface area contributed by atoms with Crippen molar-refractivity contribution in [3.05, 3.63) is 29.8 Å². The molecule has 0 aromatic heterocycles. The minimum absolute atomic E-state index is 0.513. The first-order chi connectivity index (χ1) is 8.84. The standard InChI is InChI=1S/C13H18F2N2O2/c1-9-3-5-11(6-4-9)19-10(2)12(18)17-8-13(14,15)7-16/h3-6,10H,7-8,16H2,1-2H3,(H,17,18). The van der Waals surface area contributed by atoms with E-state index >= 15 is 0 Å². The summed E-state index contributed by atoms with van der Waals surface area (Å²) in [6.45, 7) is 1.83. The minimum atomic E-state index is -3.10. The second-order valence-electron chi connectivity index (χ2n) is 4.35. The van der Waals surface area contributed by atoms with Gasteiger partial charge in [-0.25, -0.2) is 8.78 Å². The smallest absolute Gasteiger partial charge is 0.277 e. The lowest BCUT2D eigenvalue weighted by atomic mass is 10.2. The molecule has 1 amide bonds. The van der Waals surface area contributed by atoms with Gasteiger partial charge in [0.25, 0.3) is 11.8 Å². The van der Waals surface area contributed by atoms with Crippen LogP contribution in [-0.2, 0) is 4.79 Å². The molecule has 0 saturated carbocycles. The molecular weight excluding hydrogens is 254 g/mol. The van der Waals surface area contributed by atoms with Gasteiger partial charge in [0.15, 0.2) is 6.10 Å². The third kappa shape index (κ3) is 5.21. The Morgan fingerprint density at radius 2 is 2.00 bits per heavy atom. The van der Waals surface area contributed by atoms with Gasteiger partial charge in [-0.15, -0.1) is 0 Å². The number of carbonyl (C=O) groups is 1. The van der Waals surface area contributed by atoms with Gasteiger partial charge in [-0.05, 0) is 26.0 Å². The van der Waals surface area contributed by atoms with E-state index in [4.69, 9.17) is 10.5 Å². The topological polar surface area (TPSA) is 64.3 Å². The van der Waals surface area contributed by atoms with Crippen molar-refractivity contribution in [1.82, 2.24) is 5.32 Å². The fourth-order valence-electron chi connectivity index (χ4n) is 1.31. The predicted molar refractivity (Wildman–Crippen MR) is 68.3 cm³/mol. The number of carbonyl (C=O) groups excluding carboxylic acids is 1. The van der Waals surface area contributed by atoms with E-state index in [1.807, 2.05) is 19.1 Å². The van der Waals surface area contributed by atoms with E-state index < -0.39 is 31.0 Å². The van der Waals surface area contributed by atoms with Crippen LogP contribution in [0, 0.1) is 6.92 Å². The molecule has 0 aliphatic carbocycles. The zero-order valence-corrected chi connectivity index (χ0v) is 11.0. The van der Waals surface area contributed by atoms with E-state index in [1.54, 1.807) is 12.1 Å². The molecule has 106 valence electrons. The van der Waals surface area contributed by atoms with Crippen LogP contribution in [0.4, 0.5) is 8.78 Å². The van der Waals surface area contributed by atoms with Crippen LogP contribution in [0.15, 0.2) is 24.3 Å². The zero-order chi connectivity index (χ0) is 14.5. The summed E-state index contributed by atoms with van der Waals surface area (Å²) in [5, 5.41) is 2.11. The molecule has 1 rings (SSSR count). The van der Waals surface area contributed by atoms with Crippen molar-refractivity contribution < 1.29 is 18.3 Å². The summed E-state index contributed by atoms with van der Waals surface area (Å²) in [5.41, 5.74) is 5.94. The highest BCUT2D eigenvalue weighted by molar-refractivity contribution is 5.80. The monoisotopic (exact) mass is 272 g/mol. The summed E-state index contributed by atoms with van der Waals surface area (Å²) in [6.07, 6.45) is -0.851. The molecule has 0 saturated heterocycles. The van der Waals surface area contributed by atoms with Crippen molar-refractivity contribution in [2.24, 2.45) is 5.73 Å². The van der Waals surface area contributed by atoms with Crippen molar-refractivity contribution in [3.63, 3.8) is 0 Å². The van der Waals surface area contributed by atoms with Gasteiger partial charge in [0.1, 0.15) is 5.75 Å². The second kappa shape index (κ2) is 6.47. The molecule has 0 radical (unpaired) electrons. The molecule has 3 N–H and O–H groups in total. The van der Waals surface area contributed by atoms with Gasteiger partial charge >= 0.3 is 0 Å². The van der Waals surface area contributed by atoms with Gasteiger partial charge in [-0.3, -0.25) is 4.79 Å². The average Bonchev–Trinajstić information content (AvgIpc) is 2.38. The van der Waals surface area contributed by atoms with Gasteiger partial charge in [-0.2, -0.15) is 0 Å². The lowest BCUT2D eigenvalue weighted by Gasteiger charge is -2.18. The fourth-order valence-corrected chi connectivity index (χ4v) is 1.31. The maximum atomic E-state index is 12.9. The summed E-state index contributed by atoms with van der Waals surface area (Å²) in [7, 11) is 0. The molecule has 6 heteroatoms. The third-order valence-electron chi connectivity index (χ3n) is 2.52. The van der Waals surface area contributed by atoms with Gasteiger partial charge < -0.3 is 15.8 Å². The van der Waals surface area contributed by atoms with Gasteiger partial charge in [0, 0.05) is 0 Å². The molecule has 1 aromatic carbocycles. The van der Waals surface area contributed by atoms with Crippen LogP contribution in [0.3, 0.4) is 0 Å². The van der Waals surface area contributed by atoms with Gasteiger partial charge in [0.05, 0.1) is 13.1 Å². The highest BCUT2D eigenvalue weighted by Crippen LogP contribution is 2.14. The Morgan fingerprint density at radius 1 is 1.42 bits per heavy atom. The molecule has 1 aromatic rings. The van der Waals surface area contributed by atoms with Gasteiger partial charge in [0.2, 0.25) is 0 Å². The molecule has 0 heterocycles. The molecule has 1 atom stereocenters. The number of nitrogens with two attached hydrogens (primary N) is 1. The number of ether oxygens (including phenoxy) is 1. The Morgan fingerprint density at radius 3 is 2.53 bits per heavy atom.